The molecule has 0 saturated carbocycles. The van der Waals surface area contributed by atoms with E-state index in [1.165, 1.54) is 13.2 Å². The molecule has 0 spiro atoms. The van der Waals surface area contributed by atoms with Crippen LogP contribution in [0.3, 0.4) is 0 Å². The van der Waals surface area contributed by atoms with Crippen molar-refractivity contribution >= 4 is 41.7 Å². The fourth-order valence-corrected chi connectivity index (χ4v) is 15.6. The number of anilines is 1. The maximum atomic E-state index is 17.8. The first kappa shape index (κ1) is 46.3. The Bertz CT molecular complexity index is 2400. The van der Waals surface area contributed by atoms with Gasteiger partial charge in [0.15, 0.2) is 12.6 Å². The average molecular weight is 889 g/mol. The zero-order valence-electron chi connectivity index (χ0n) is 38.9. The van der Waals surface area contributed by atoms with Crippen molar-refractivity contribution in [2.75, 3.05) is 52.1 Å². The molecule has 0 aliphatic carbocycles. The number of fused-ring (bicyclic) bond motifs is 4. The summed E-state index contributed by atoms with van der Waals surface area (Å²) in [6, 6.07) is 6.00. The van der Waals surface area contributed by atoms with Gasteiger partial charge in [-0.05, 0) is 87.8 Å². The van der Waals surface area contributed by atoms with Crippen LogP contribution in [0.5, 0.6) is 11.8 Å². The second-order valence-electron chi connectivity index (χ2n) is 19.8. The highest BCUT2D eigenvalue weighted by Crippen LogP contribution is 2.43. The van der Waals surface area contributed by atoms with Crippen LogP contribution >= 0.6 is 0 Å². The normalized spacial score (nSPS) is 21.8. The lowest BCUT2D eigenvalue weighted by molar-refractivity contribution is 0.0122. The van der Waals surface area contributed by atoms with Crippen LogP contribution in [0.4, 0.5) is 23.8 Å². The fraction of sp³-hybridized carbons (Fsp3) is 0.583. The first-order valence-electron chi connectivity index (χ1n) is 22.2. The number of piperazine rings is 1. The second kappa shape index (κ2) is 17.7. The predicted octanol–water partition coefficient (Wildman–Crippen LogP) is 10.1. The number of halogens is 3. The van der Waals surface area contributed by atoms with Crippen LogP contribution < -0.4 is 14.4 Å². The summed E-state index contributed by atoms with van der Waals surface area (Å²) in [7, 11) is 1.02. The van der Waals surface area contributed by atoms with Crippen LogP contribution in [0.25, 0.3) is 32.9 Å². The molecule has 5 heterocycles. The second-order valence-corrected chi connectivity index (χ2v) is 25.4. The van der Waals surface area contributed by atoms with Gasteiger partial charge in [0.2, 0.25) is 0 Å². The van der Waals surface area contributed by atoms with Crippen molar-refractivity contribution in [1.82, 2.24) is 24.8 Å². The van der Waals surface area contributed by atoms with E-state index in [2.05, 4.69) is 58.0 Å². The van der Waals surface area contributed by atoms with Gasteiger partial charge >= 0.3 is 12.1 Å². The third-order valence-corrected chi connectivity index (χ3v) is 19.8. The van der Waals surface area contributed by atoms with Crippen LogP contribution in [-0.2, 0) is 9.47 Å². The summed E-state index contributed by atoms with van der Waals surface area (Å²) in [4.78, 5) is 33.5. The number of hydrogen-bond acceptors (Lipinski definition) is 10. The van der Waals surface area contributed by atoms with Gasteiger partial charge in [0.1, 0.15) is 55.0 Å². The molecule has 4 atom stereocenters. The summed E-state index contributed by atoms with van der Waals surface area (Å²) in [6.45, 7) is 21.7. The topological polar surface area (TPSA) is 102 Å². The van der Waals surface area contributed by atoms with E-state index in [9.17, 15) is 9.18 Å². The average Bonchev–Trinajstić information content (AvgIpc) is 3.63. The maximum Gasteiger partial charge on any atom is 0.410 e. The number of methoxy groups -OCH3 is 1. The molecule has 1 amide bonds. The molecule has 3 saturated heterocycles. The third-order valence-electron chi connectivity index (χ3n) is 13.5. The number of hydrogen-bond donors (Lipinski definition) is 0. The number of carbonyl (C=O) groups is 1. The SMILES string of the molecule is COCOc1cc(-c2ncc3c(N4C[C@H]5CC[C@@H](C4)N5C(=O)OC(C)(C)C)nc(OC[C@@]4(C)C[C@@H](F)CN4C)nc3c2F)c2c(C#C[Si](C(C)C)(C(C)C)C(C)C)c(F)ccc2c1. The molecule has 0 N–H and O–H groups in total. The van der Waals surface area contributed by atoms with Gasteiger partial charge in [0, 0.05) is 50.3 Å². The number of rotatable bonds is 11. The minimum absolute atomic E-state index is 0.0542. The number of ether oxygens (including phenoxy) is 4. The molecule has 0 unspecified atom stereocenters. The lowest BCUT2D eigenvalue weighted by Crippen LogP contribution is -2.57. The van der Waals surface area contributed by atoms with E-state index in [-0.39, 0.29) is 72.9 Å². The Hall–Kier alpha value is -4.65. The standard InChI is InChI=1S/C48H63F3N6O5Si/c1-28(2)63(29(3)4,30(5)6)18-17-36-39(50)16-13-31-19-35(61-27-59-12)20-37(40(31)36)42-41(51)43-38(22-52-42)44(54-45(53-43)60-26-48(10)21-32(49)23-55(48)11)56-24-33-14-15-34(25-56)57(33)46(58)62-47(7,8)9/h13,16,19-20,22,28-30,32-34H,14-15,21,23-27H2,1-12H3/t32-,33-,34+,48-/m1/s1. The monoisotopic (exact) mass is 888 g/mol. The molecule has 11 nitrogen and oxygen atoms in total. The number of amides is 1. The lowest BCUT2D eigenvalue weighted by Gasteiger charge is -2.42. The van der Waals surface area contributed by atoms with E-state index in [1.807, 2.05) is 49.4 Å². The number of aromatic nitrogens is 3. The highest BCUT2D eigenvalue weighted by molar-refractivity contribution is 6.90. The molecule has 0 radical (unpaired) electrons. The summed E-state index contributed by atoms with van der Waals surface area (Å²) in [5.74, 6) is 2.80. The van der Waals surface area contributed by atoms with Gasteiger partial charge in [0.25, 0.3) is 0 Å². The van der Waals surface area contributed by atoms with Gasteiger partial charge in [-0.1, -0.05) is 53.5 Å². The van der Waals surface area contributed by atoms with E-state index in [0.29, 0.717) is 57.4 Å². The zero-order chi connectivity index (χ0) is 45.8. The quantitative estimate of drug-likeness (QED) is 0.0822. The first-order chi connectivity index (χ1) is 29.7. The molecule has 2 aromatic carbocycles. The number of nitrogens with zero attached hydrogens (tertiary/aromatic N) is 6. The summed E-state index contributed by atoms with van der Waals surface area (Å²) < 4.78 is 72.0. The smallest absolute Gasteiger partial charge is 0.410 e. The Labute approximate surface area is 371 Å². The van der Waals surface area contributed by atoms with Crippen molar-refractivity contribution in [3.8, 4) is 34.5 Å². The van der Waals surface area contributed by atoms with E-state index >= 15 is 8.78 Å². The molecule has 2 aromatic heterocycles. The summed E-state index contributed by atoms with van der Waals surface area (Å²) in [6.07, 6.45) is 1.96. The Morgan fingerprint density at radius 1 is 0.984 bits per heavy atom. The first-order valence-corrected chi connectivity index (χ1v) is 24.4. The number of likely N-dealkylation sites (tertiary alicyclic amines) is 1. The van der Waals surface area contributed by atoms with Crippen LogP contribution in [0.15, 0.2) is 30.5 Å². The third kappa shape index (κ3) is 8.92. The number of carbonyl (C=O) groups excluding carboxylic acids is 1. The Morgan fingerprint density at radius 3 is 2.24 bits per heavy atom. The van der Waals surface area contributed by atoms with Gasteiger partial charge in [-0.3, -0.25) is 14.8 Å². The van der Waals surface area contributed by atoms with Crippen LogP contribution in [-0.4, -0.2) is 116 Å². The highest BCUT2D eigenvalue weighted by Gasteiger charge is 2.46. The largest absolute Gasteiger partial charge is 0.468 e. The summed E-state index contributed by atoms with van der Waals surface area (Å²) in [5, 5.41) is 1.32. The summed E-state index contributed by atoms with van der Waals surface area (Å²) >= 11 is 0. The van der Waals surface area contributed by atoms with Crippen LogP contribution in [0, 0.1) is 23.1 Å². The Kier molecular flexibility index (Phi) is 13.0. The van der Waals surface area contributed by atoms with Crippen molar-refractivity contribution in [2.45, 2.75) is 135 Å². The molecule has 15 heteroatoms. The molecule has 63 heavy (non-hydrogen) atoms. The van der Waals surface area contributed by atoms with Gasteiger partial charge < -0.3 is 23.8 Å². The molecular weight excluding hydrogens is 826 g/mol. The van der Waals surface area contributed by atoms with E-state index in [0.717, 1.165) is 12.8 Å². The van der Waals surface area contributed by atoms with Gasteiger partial charge in [-0.2, -0.15) is 9.97 Å². The van der Waals surface area contributed by atoms with E-state index in [1.54, 1.807) is 24.4 Å². The van der Waals surface area contributed by atoms with Gasteiger partial charge in [0.05, 0.1) is 28.6 Å². The van der Waals surface area contributed by atoms with Crippen molar-refractivity contribution < 1.29 is 36.9 Å². The van der Waals surface area contributed by atoms with E-state index in [4.69, 9.17) is 28.9 Å². The van der Waals surface area contributed by atoms with Crippen molar-refractivity contribution in [1.29, 1.82) is 0 Å². The zero-order valence-corrected chi connectivity index (χ0v) is 39.9. The van der Waals surface area contributed by atoms with Crippen molar-refractivity contribution in [3.63, 3.8) is 0 Å². The molecule has 2 bridgehead atoms. The predicted molar refractivity (Wildman–Crippen MR) is 244 cm³/mol. The summed E-state index contributed by atoms with van der Waals surface area (Å²) in [5.41, 5.74) is 3.54. The molecule has 340 valence electrons. The molecular formula is C48H63F3N6O5Si. The Morgan fingerprint density at radius 2 is 1.65 bits per heavy atom. The number of likely N-dealkylation sites (N-methyl/N-ethyl adjacent to an activating group) is 1. The maximum absolute atomic E-state index is 17.8. The van der Waals surface area contributed by atoms with Crippen LogP contribution in [0.2, 0.25) is 16.6 Å². The van der Waals surface area contributed by atoms with Crippen molar-refractivity contribution in [2.24, 2.45) is 0 Å². The molecule has 4 aromatic rings. The minimum atomic E-state index is -2.33. The fourth-order valence-electron chi connectivity index (χ4n) is 10.3. The molecule has 3 aliphatic rings. The van der Waals surface area contributed by atoms with Gasteiger partial charge in [-0.15, -0.1) is 5.54 Å². The molecule has 3 aliphatic heterocycles. The highest BCUT2D eigenvalue weighted by atomic mass is 28.3. The lowest BCUT2D eigenvalue weighted by atomic mass is 9.95. The molecule has 7 rings (SSSR count). The van der Waals surface area contributed by atoms with Crippen LogP contribution in [0.1, 0.15) is 94.1 Å². The number of alkyl halides is 1. The number of pyridine rings is 1. The van der Waals surface area contributed by atoms with E-state index < -0.39 is 37.0 Å². The van der Waals surface area contributed by atoms with Crippen molar-refractivity contribution in [3.05, 3.63) is 47.7 Å². The Balaban J connectivity index is 1.41. The minimum Gasteiger partial charge on any atom is -0.468 e. The number of benzene rings is 2. The van der Waals surface area contributed by atoms with Gasteiger partial charge in [-0.25, -0.2) is 18.0 Å². The molecule has 3 fully saturated rings.